The zero-order chi connectivity index (χ0) is 16.2. The van der Waals surface area contributed by atoms with Crippen LogP contribution in [0.5, 0.6) is 0 Å². The molecule has 22 heavy (non-hydrogen) atoms. The van der Waals surface area contributed by atoms with E-state index in [9.17, 15) is 18.0 Å². The van der Waals surface area contributed by atoms with Crippen molar-refractivity contribution in [2.24, 2.45) is 5.92 Å². The van der Waals surface area contributed by atoms with Gasteiger partial charge >= 0.3 is 12.2 Å². The van der Waals surface area contributed by atoms with Gasteiger partial charge in [0.05, 0.1) is 5.01 Å². The Morgan fingerprint density at radius 2 is 2.14 bits per heavy atom. The average Bonchev–Trinajstić information content (AvgIpc) is 2.96. The Hall–Kier alpha value is -1.35. The molecule has 124 valence electrons. The van der Waals surface area contributed by atoms with Gasteiger partial charge in [0.2, 0.25) is 0 Å². The Kier molecular flexibility index (Phi) is 5.63. The second-order valence-electron chi connectivity index (χ2n) is 5.22. The lowest BCUT2D eigenvalue weighted by molar-refractivity contribution is -0.140. The zero-order valence-corrected chi connectivity index (χ0v) is 12.7. The Morgan fingerprint density at radius 1 is 1.45 bits per heavy atom. The number of carbonyl (C=O) groups is 1. The Balaban J connectivity index is 1.72. The molecule has 0 unspecified atom stereocenters. The van der Waals surface area contributed by atoms with Crippen molar-refractivity contribution in [3.63, 3.8) is 0 Å². The van der Waals surface area contributed by atoms with Crippen LogP contribution in [0.3, 0.4) is 0 Å². The number of carbonyl (C=O) groups excluding carboxylic acids is 1. The standard InChI is InChI=1S/C13H18F3N3O2S/c14-13(15,16)10-8-22-11(18-10)1-4-17-12(21)19-5-2-9(7-20)3-6-19/h8-9,20H,1-7H2,(H,17,21). The number of urea groups is 1. The van der Waals surface area contributed by atoms with Gasteiger partial charge in [-0.15, -0.1) is 11.3 Å². The van der Waals surface area contributed by atoms with Crippen LogP contribution in [-0.2, 0) is 12.6 Å². The van der Waals surface area contributed by atoms with E-state index in [1.54, 1.807) is 4.90 Å². The van der Waals surface area contributed by atoms with Crippen LogP contribution in [-0.4, -0.2) is 47.3 Å². The summed E-state index contributed by atoms with van der Waals surface area (Å²) in [6.07, 6.45) is -2.61. The van der Waals surface area contributed by atoms with E-state index in [1.807, 2.05) is 0 Å². The molecule has 5 nitrogen and oxygen atoms in total. The van der Waals surface area contributed by atoms with Crippen LogP contribution < -0.4 is 5.32 Å². The van der Waals surface area contributed by atoms with Gasteiger partial charge in [-0.2, -0.15) is 13.2 Å². The maximum Gasteiger partial charge on any atom is 0.434 e. The highest BCUT2D eigenvalue weighted by molar-refractivity contribution is 7.09. The highest BCUT2D eigenvalue weighted by Crippen LogP contribution is 2.30. The fraction of sp³-hybridized carbons (Fsp3) is 0.692. The Morgan fingerprint density at radius 3 is 2.68 bits per heavy atom. The minimum Gasteiger partial charge on any atom is -0.396 e. The topological polar surface area (TPSA) is 65.5 Å². The predicted octanol–water partition coefficient (Wildman–Crippen LogP) is 2.12. The first kappa shape index (κ1) is 17.0. The molecule has 0 spiro atoms. The van der Waals surface area contributed by atoms with Crippen LogP contribution in [0.1, 0.15) is 23.5 Å². The van der Waals surface area contributed by atoms with Crippen LogP contribution in [0.4, 0.5) is 18.0 Å². The lowest BCUT2D eigenvalue weighted by Crippen LogP contribution is -2.45. The molecule has 2 amide bonds. The summed E-state index contributed by atoms with van der Waals surface area (Å²) < 4.78 is 37.2. The molecule has 1 fully saturated rings. The van der Waals surface area contributed by atoms with Gasteiger partial charge in [-0.25, -0.2) is 9.78 Å². The van der Waals surface area contributed by atoms with E-state index in [0.717, 1.165) is 29.6 Å². The first-order valence-corrected chi connectivity index (χ1v) is 7.93. The van der Waals surface area contributed by atoms with Gasteiger partial charge in [-0.05, 0) is 18.8 Å². The second-order valence-corrected chi connectivity index (χ2v) is 6.16. The number of aromatic nitrogens is 1. The molecular formula is C13H18F3N3O2S. The molecular weight excluding hydrogens is 319 g/mol. The van der Waals surface area contributed by atoms with Crippen LogP contribution in [0, 0.1) is 5.92 Å². The number of hydrogen-bond acceptors (Lipinski definition) is 4. The fourth-order valence-corrected chi connectivity index (χ4v) is 3.07. The summed E-state index contributed by atoms with van der Waals surface area (Å²) in [5.74, 6) is 0.250. The van der Waals surface area contributed by atoms with E-state index >= 15 is 0 Å². The molecule has 1 aliphatic heterocycles. The molecule has 1 aromatic rings. The lowest BCUT2D eigenvalue weighted by Gasteiger charge is -2.31. The van der Waals surface area contributed by atoms with Gasteiger partial charge in [-0.3, -0.25) is 0 Å². The van der Waals surface area contributed by atoms with Crippen molar-refractivity contribution in [3.8, 4) is 0 Å². The normalized spacial score (nSPS) is 16.8. The van der Waals surface area contributed by atoms with E-state index in [0.29, 0.717) is 18.1 Å². The summed E-state index contributed by atoms with van der Waals surface area (Å²) in [6.45, 7) is 1.57. The third-order valence-electron chi connectivity index (χ3n) is 3.62. The van der Waals surface area contributed by atoms with Gasteiger partial charge in [0.15, 0.2) is 5.69 Å². The molecule has 2 rings (SSSR count). The number of halogens is 3. The van der Waals surface area contributed by atoms with Crippen molar-refractivity contribution in [3.05, 3.63) is 16.1 Å². The molecule has 1 aromatic heterocycles. The summed E-state index contributed by atoms with van der Waals surface area (Å²) in [4.78, 5) is 17.1. The number of nitrogens with one attached hydrogen (secondary N) is 1. The smallest absolute Gasteiger partial charge is 0.396 e. The Labute approximate surface area is 130 Å². The molecule has 2 heterocycles. The van der Waals surface area contributed by atoms with Crippen molar-refractivity contribution in [2.45, 2.75) is 25.4 Å². The molecule has 0 aliphatic carbocycles. The van der Waals surface area contributed by atoms with Crippen molar-refractivity contribution in [1.29, 1.82) is 0 Å². The van der Waals surface area contributed by atoms with Crippen LogP contribution in [0.15, 0.2) is 5.38 Å². The van der Waals surface area contributed by atoms with Crippen molar-refractivity contribution in [1.82, 2.24) is 15.2 Å². The number of alkyl halides is 3. The third-order valence-corrected chi connectivity index (χ3v) is 4.53. The van der Waals surface area contributed by atoms with Gasteiger partial charge < -0.3 is 15.3 Å². The highest BCUT2D eigenvalue weighted by atomic mass is 32.1. The van der Waals surface area contributed by atoms with Crippen LogP contribution in [0.25, 0.3) is 0 Å². The predicted molar refractivity (Wildman–Crippen MR) is 75.6 cm³/mol. The van der Waals surface area contributed by atoms with Crippen LogP contribution in [0.2, 0.25) is 0 Å². The molecule has 0 aromatic carbocycles. The number of thiazole rings is 1. The number of rotatable bonds is 4. The van der Waals surface area contributed by atoms with E-state index in [-0.39, 0.29) is 31.5 Å². The summed E-state index contributed by atoms with van der Waals surface area (Å²) in [6, 6.07) is -0.219. The first-order valence-electron chi connectivity index (χ1n) is 7.05. The highest BCUT2D eigenvalue weighted by Gasteiger charge is 2.33. The third kappa shape index (κ3) is 4.57. The van der Waals surface area contributed by atoms with E-state index in [4.69, 9.17) is 5.11 Å². The minimum absolute atomic E-state index is 0.140. The lowest BCUT2D eigenvalue weighted by atomic mass is 9.98. The largest absolute Gasteiger partial charge is 0.434 e. The van der Waals surface area contributed by atoms with E-state index < -0.39 is 11.9 Å². The molecule has 1 aliphatic rings. The number of hydrogen-bond donors (Lipinski definition) is 2. The maximum atomic E-state index is 12.4. The van der Waals surface area contributed by atoms with Gasteiger partial charge in [0, 0.05) is 38.0 Å². The maximum absolute atomic E-state index is 12.4. The summed E-state index contributed by atoms with van der Waals surface area (Å²) >= 11 is 0.943. The van der Waals surface area contributed by atoms with E-state index in [2.05, 4.69) is 10.3 Å². The molecule has 9 heteroatoms. The summed E-state index contributed by atoms with van der Waals surface area (Å²) in [5.41, 5.74) is -0.884. The molecule has 0 bridgehead atoms. The van der Waals surface area contributed by atoms with Gasteiger partial charge in [-0.1, -0.05) is 0 Å². The number of nitrogens with zero attached hydrogens (tertiary/aromatic N) is 2. The molecule has 0 radical (unpaired) electrons. The average molecular weight is 337 g/mol. The van der Waals surface area contributed by atoms with E-state index in [1.165, 1.54) is 0 Å². The Bertz CT molecular complexity index is 499. The summed E-state index contributed by atoms with van der Waals surface area (Å²) in [5, 5.41) is 13.1. The monoisotopic (exact) mass is 337 g/mol. The fourth-order valence-electron chi connectivity index (χ4n) is 2.26. The number of likely N-dealkylation sites (tertiary alicyclic amines) is 1. The molecule has 2 N–H and O–H groups in total. The zero-order valence-electron chi connectivity index (χ0n) is 11.9. The van der Waals surface area contributed by atoms with Gasteiger partial charge in [0.1, 0.15) is 0 Å². The van der Waals surface area contributed by atoms with Crippen molar-refractivity contribution >= 4 is 17.4 Å². The SMILES string of the molecule is O=C(NCCc1nc(C(F)(F)F)cs1)N1CCC(CO)CC1. The van der Waals surface area contributed by atoms with Crippen LogP contribution >= 0.6 is 11.3 Å². The van der Waals surface area contributed by atoms with Gasteiger partial charge in [0.25, 0.3) is 0 Å². The quantitative estimate of drug-likeness (QED) is 0.884. The molecule has 0 atom stereocenters. The minimum atomic E-state index is -4.42. The number of amides is 2. The first-order chi connectivity index (χ1) is 10.4. The number of aliphatic hydroxyl groups is 1. The molecule has 1 saturated heterocycles. The second kappa shape index (κ2) is 7.28. The summed E-state index contributed by atoms with van der Waals surface area (Å²) in [7, 11) is 0. The number of aliphatic hydroxyl groups excluding tert-OH is 1. The van der Waals surface area contributed by atoms with Crippen molar-refractivity contribution in [2.75, 3.05) is 26.2 Å². The molecule has 0 saturated carbocycles. The van der Waals surface area contributed by atoms with Crippen molar-refractivity contribution < 1.29 is 23.1 Å². The number of piperidine rings is 1.